The van der Waals surface area contributed by atoms with Gasteiger partial charge in [0.05, 0.1) is 0 Å². The third kappa shape index (κ3) is 2.60. The molecule has 0 saturated heterocycles. The van der Waals surface area contributed by atoms with E-state index in [0.29, 0.717) is 11.5 Å². The van der Waals surface area contributed by atoms with Gasteiger partial charge in [0.2, 0.25) is 0 Å². The van der Waals surface area contributed by atoms with E-state index in [4.69, 9.17) is 0 Å². The molecule has 1 N–H and O–H groups in total. The van der Waals surface area contributed by atoms with E-state index in [1.807, 2.05) is 19.1 Å². The first-order valence-corrected chi connectivity index (χ1v) is 9.33. The Bertz CT molecular complexity index is 597. The Morgan fingerprint density at radius 2 is 1.65 bits per heavy atom. The lowest BCUT2D eigenvalue weighted by molar-refractivity contribution is -0.0688. The van der Waals surface area contributed by atoms with Crippen LogP contribution in [0.15, 0.2) is 18.2 Å². The Kier molecular flexibility index (Phi) is 3.55. The average Bonchev–Trinajstić information content (AvgIpc) is 2.45. The van der Waals surface area contributed by atoms with Crippen molar-refractivity contribution in [2.75, 3.05) is 0 Å². The second-order valence-electron chi connectivity index (χ2n) is 8.79. The molecule has 2 heteroatoms. The third-order valence-corrected chi connectivity index (χ3v) is 6.98. The Hall–Kier alpha value is -1.31. The molecule has 4 saturated carbocycles. The van der Waals surface area contributed by atoms with Crippen molar-refractivity contribution in [2.24, 2.45) is 23.2 Å². The molecule has 1 aromatic carbocycles. The van der Waals surface area contributed by atoms with E-state index in [0.717, 1.165) is 28.9 Å². The maximum atomic E-state index is 12.8. The first-order chi connectivity index (χ1) is 10.9. The summed E-state index contributed by atoms with van der Waals surface area (Å²) >= 11 is 0. The summed E-state index contributed by atoms with van der Waals surface area (Å²) in [5, 5.41) is 3.37. The van der Waals surface area contributed by atoms with Gasteiger partial charge in [-0.05, 0) is 94.1 Å². The van der Waals surface area contributed by atoms with Gasteiger partial charge in [-0.1, -0.05) is 17.7 Å². The van der Waals surface area contributed by atoms with Gasteiger partial charge in [-0.3, -0.25) is 4.79 Å². The molecule has 0 aliphatic heterocycles. The van der Waals surface area contributed by atoms with Crippen molar-refractivity contribution in [2.45, 2.75) is 65.3 Å². The monoisotopic (exact) mass is 311 g/mol. The maximum Gasteiger partial charge on any atom is 0.251 e. The smallest absolute Gasteiger partial charge is 0.251 e. The summed E-state index contributed by atoms with van der Waals surface area (Å²) in [6.45, 7) is 6.37. The van der Waals surface area contributed by atoms with Crippen molar-refractivity contribution >= 4 is 5.91 Å². The predicted molar refractivity (Wildman–Crippen MR) is 93.4 cm³/mol. The van der Waals surface area contributed by atoms with E-state index in [-0.39, 0.29) is 5.91 Å². The van der Waals surface area contributed by atoms with E-state index in [1.165, 1.54) is 44.1 Å². The highest BCUT2D eigenvalue weighted by atomic mass is 16.1. The molecule has 124 valence electrons. The van der Waals surface area contributed by atoms with Gasteiger partial charge in [0, 0.05) is 11.6 Å². The Morgan fingerprint density at radius 1 is 1.09 bits per heavy atom. The van der Waals surface area contributed by atoms with Crippen LogP contribution in [0.2, 0.25) is 0 Å². The summed E-state index contributed by atoms with van der Waals surface area (Å²) in [7, 11) is 0. The average molecular weight is 311 g/mol. The van der Waals surface area contributed by atoms with E-state index in [9.17, 15) is 4.79 Å². The van der Waals surface area contributed by atoms with Crippen LogP contribution in [0.5, 0.6) is 0 Å². The zero-order valence-electron chi connectivity index (χ0n) is 14.7. The summed E-state index contributed by atoms with van der Waals surface area (Å²) in [6.07, 6.45) is 8.39. The second-order valence-corrected chi connectivity index (χ2v) is 8.79. The SMILES string of the molecule is Cc1ccc(C(=O)N[C@@H](C)C23CC4CC(CC(C4)C2)C3)c(C)c1. The van der Waals surface area contributed by atoms with Gasteiger partial charge in [-0.2, -0.15) is 0 Å². The van der Waals surface area contributed by atoms with E-state index < -0.39 is 0 Å². The molecule has 23 heavy (non-hydrogen) atoms. The summed E-state index contributed by atoms with van der Waals surface area (Å²) in [5.41, 5.74) is 3.52. The van der Waals surface area contributed by atoms with Gasteiger partial charge in [0.25, 0.3) is 5.91 Å². The lowest BCUT2D eigenvalue weighted by atomic mass is 9.48. The molecule has 4 fully saturated rings. The van der Waals surface area contributed by atoms with Crippen LogP contribution < -0.4 is 5.32 Å². The molecule has 4 aliphatic carbocycles. The molecule has 0 unspecified atom stereocenters. The fourth-order valence-electron chi connectivity index (χ4n) is 6.20. The van der Waals surface area contributed by atoms with E-state index in [2.05, 4.69) is 25.2 Å². The molecular weight excluding hydrogens is 282 g/mol. The van der Waals surface area contributed by atoms with Crippen molar-refractivity contribution in [3.63, 3.8) is 0 Å². The molecule has 0 radical (unpaired) electrons. The van der Waals surface area contributed by atoms with E-state index >= 15 is 0 Å². The molecule has 1 amide bonds. The van der Waals surface area contributed by atoms with Crippen LogP contribution in [0.4, 0.5) is 0 Å². The number of carbonyl (C=O) groups excluding carboxylic acids is 1. The largest absolute Gasteiger partial charge is 0.349 e. The van der Waals surface area contributed by atoms with Gasteiger partial charge >= 0.3 is 0 Å². The summed E-state index contributed by atoms with van der Waals surface area (Å²) in [5.74, 6) is 2.91. The molecule has 0 spiro atoms. The molecule has 5 rings (SSSR count). The number of nitrogens with one attached hydrogen (secondary N) is 1. The molecule has 0 heterocycles. The van der Waals surface area contributed by atoms with Crippen LogP contribution in [-0.4, -0.2) is 11.9 Å². The normalized spacial score (nSPS) is 36.0. The van der Waals surface area contributed by atoms with Gasteiger partial charge in [-0.15, -0.1) is 0 Å². The van der Waals surface area contributed by atoms with Crippen LogP contribution in [-0.2, 0) is 0 Å². The molecule has 1 atom stereocenters. The number of hydrogen-bond donors (Lipinski definition) is 1. The van der Waals surface area contributed by atoms with Crippen molar-refractivity contribution in [3.05, 3.63) is 34.9 Å². The first-order valence-electron chi connectivity index (χ1n) is 9.33. The minimum Gasteiger partial charge on any atom is -0.349 e. The van der Waals surface area contributed by atoms with Crippen molar-refractivity contribution < 1.29 is 4.79 Å². The highest BCUT2D eigenvalue weighted by Crippen LogP contribution is 2.61. The van der Waals surface area contributed by atoms with Crippen LogP contribution in [0.3, 0.4) is 0 Å². The lowest BCUT2D eigenvalue weighted by Crippen LogP contribution is -2.55. The molecule has 2 nitrogen and oxygen atoms in total. The van der Waals surface area contributed by atoms with Gasteiger partial charge < -0.3 is 5.32 Å². The molecule has 1 aromatic rings. The number of aryl methyl sites for hydroxylation is 2. The number of rotatable bonds is 3. The quantitative estimate of drug-likeness (QED) is 0.866. The van der Waals surface area contributed by atoms with Crippen molar-refractivity contribution in [1.29, 1.82) is 0 Å². The minimum atomic E-state index is 0.116. The van der Waals surface area contributed by atoms with Gasteiger partial charge in [0.1, 0.15) is 0 Å². The summed E-state index contributed by atoms with van der Waals surface area (Å²) in [4.78, 5) is 12.8. The number of carbonyl (C=O) groups is 1. The fraction of sp³-hybridized carbons (Fsp3) is 0.667. The van der Waals surface area contributed by atoms with Gasteiger partial charge in [0.15, 0.2) is 0 Å². The summed E-state index contributed by atoms with van der Waals surface area (Å²) < 4.78 is 0. The van der Waals surface area contributed by atoms with Gasteiger partial charge in [-0.25, -0.2) is 0 Å². The number of benzene rings is 1. The predicted octanol–water partition coefficient (Wildman–Crippen LogP) is 4.64. The minimum absolute atomic E-state index is 0.116. The van der Waals surface area contributed by atoms with Crippen LogP contribution >= 0.6 is 0 Å². The maximum absolute atomic E-state index is 12.8. The number of hydrogen-bond acceptors (Lipinski definition) is 1. The Labute approximate surface area is 140 Å². The molecule has 4 bridgehead atoms. The zero-order chi connectivity index (χ0) is 16.2. The lowest BCUT2D eigenvalue weighted by Gasteiger charge is -2.59. The zero-order valence-corrected chi connectivity index (χ0v) is 14.7. The second kappa shape index (κ2) is 5.36. The molecule has 4 aliphatic rings. The fourth-order valence-corrected chi connectivity index (χ4v) is 6.20. The van der Waals surface area contributed by atoms with Crippen LogP contribution in [0.1, 0.15) is 66.9 Å². The van der Waals surface area contributed by atoms with Crippen molar-refractivity contribution in [3.8, 4) is 0 Å². The third-order valence-electron chi connectivity index (χ3n) is 6.98. The van der Waals surface area contributed by atoms with E-state index in [1.54, 1.807) is 0 Å². The Morgan fingerprint density at radius 3 is 2.17 bits per heavy atom. The highest BCUT2D eigenvalue weighted by molar-refractivity contribution is 5.95. The Balaban J connectivity index is 1.51. The van der Waals surface area contributed by atoms with Crippen LogP contribution in [0, 0.1) is 37.0 Å². The number of amides is 1. The summed E-state index contributed by atoms with van der Waals surface area (Å²) in [6, 6.07) is 6.41. The standard InChI is InChI=1S/C21H29NO/c1-13-4-5-19(14(2)6-13)20(23)22-15(3)21-10-16-7-17(11-21)9-18(8-16)12-21/h4-6,15-18H,7-12H2,1-3H3,(H,22,23)/t15-,16?,17?,18?,21?/m0/s1. The molecular formula is C21H29NO. The highest BCUT2D eigenvalue weighted by Gasteiger charge is 2.53. The molecule has 0 aromatic heterocycles. The first kappa shape index (κ1) is 15.2. The van der Waals surface area contributed by atoms with Crippen molar-refractivity contribution in [1.82, 2.24) is 5.32 Å². The topological polar surface area (TPSA) is 29.1 Å². The van der Waals surface area contributed by atoms with Crippen LogP contribution in [0.25, 0.3) is 0 Å².